The predicted molar refractivity (Wildman–Crippen MR) is 47.0 cm³/mol. The Labute approximate surface area is 81.2 Å². The van der Waals surface area contributed by atoms with Gasteiger partial charge in [-0.15, -0.1) is 11.6 Å². The van der Waals surface area contributed by atoms with Gasteiger partial charge in [-0.2, -0.15) is 8.78 Å². The second-order valence-electron chi connectivity index (χ2n) is 3.72. The topological polar surface area (TPSA) is 0 Å². The second kappa shape index (κ2) is 3.30. The maximum Gasteiger partial charge on any atom is 0.321 e. The van der Waals surface area contributed by atoms with Gasteiger partial charge in [-0.25, -0.2) is 0 Å². The molecule has 4 heteroatoms. The molecule has 0 saturated heterocycles. The number of hydrogen-bond acceptors (Lipinski definition) is 0. The molecule has 0 spiro atoms. The smallest absolute Gasteiger partial charge is 0.188 e. The van der Waals surface area contributed by atoms with Gasteiger partial charge in [0.25, 0.3) is 0 Å². The highest BCUT2D eigenvalue weighted by Crippen LogP contribution is 2.57. The van der Waals surface area contributed by atoms with Crippen LogP contribution in [0.2, 0.25) is 0 Å². The molecule has 1 rings (SSSR count). The van der Waals surface area contributed by atoms with Crippen LogP contribution < -0.4 is 0 Å². The van der Waals surface area contributed by atoms with Crippen molar-refractivity contribution in [1.82, 2.24) is 0 Å². The molecule has 0 aromatic rings. The van der Waals surface area contributed by atoms with Crippen molar-refractivity contribution in [3.63, 3.8) is 0 Å². The summed E-state index contributed by atoms with van der Waals surface area (Å²) < 4.78 is 24.5. The standard InChI is InChI=1S/C8H12Cl2F2/c1-6-4-7(6,5-9)2-3-8(10,11)12/h6H,2-5H2,1H3. The molecule has 0 aromatic carbocycles. The average molecular weight is 217 g/mol. The van der Waals surface area contributed by atoms with Gasteiger partial charge in [-0.3, -0.25) is 0 Å². The highest BCUT2D eigenvalue weighted by Gasteiger charge is 2.50. The van der Waals surface area contributed by atoms with E-state index in [2.05, 4.69) is 0 Å². The first kappa shape index (κ1) is 10.5. The van der Waals surface area contributed by atoms with Crippen molar-refractivity contribution >= 4 is 23.2 Å². The fraction of sp³-hybridized carbons (Fsp3) is 1.00. The summed E-state index contributed by atoms with van der Waals surface area (Å²) in [6.45, 7) is 2.04. The normalized spacial score (nSPS) is 35.2. The van der Waals surface area contributed by atoms with E-state index in [1.54, 1.807) is 0 Å². The third-order valence-electron chi connectivity index (χ3n) is 2.77. The van der Waals surface area contributed by atoms with Gasteiger partial charge in [0.1, 0.15) is 0 Å². The maximum atomic E-state index is 12.3. The van der Waals surface area contributed by atoms with Gasteiger partial charge in [-0.1, -0.05) is 6.92 Å². The molecule has 1 fully saturated rings. The Bertz CT molecular complexity index is 163. The Balaban J connectivity index is 2.32. The quantitative estimate of drug-likeness (QED) is 0.627. The molecule has 1 aliphatic carbocycles. The first-order valence-corrected chi connectivity index (χ1v) is 4.94. The molecule has 0 N–H and O–H groups in total. The van der Waals surface area contributed by atoms with E-state index in [1.165, 1.54) is 0 Å². The van der Waals surface area contributed by atoms with Crippen molar-refractivity contribution in [3.05, 3.63) is 0 Å². The Morgan fingerprint density at radius 3 is 2.33 bits per heavy atom. The van der Waals surface area contributed by atoms with Crippen LogP contribution in [0.3, 0.4) is 0 Å². The molecule has 0 radical (unpaired) electrons. The lowest BCUT2D eigenvalue weighted by Crippen LogP contribution is -2.12. The van der Waals surface area contributed by atoms with E-state index in [9.17, 15) is 8.78 Å². The summed E-state index contributed by atoms with van der Waals surface area (Å²) in [4.78, 5) is 0. The molecule has 1 saturated carbocycles. The van der Waals surface area contributed by atoms with Crippen LogP contribution in [0, 0.1) is 11.3 Å². The molecule has 0 nitrogen and oxygen atoms in total. The van der Waals surface area contributed by atoms with Crippen molar-refractivity contribution in [2.45, 2.75) is 31.6 Å². The van der Waals surface area contributed by atoms with Crippen LogP contribution in [0.1, 0.15) is 26.2 Å². The van der Waals surface area contributed by atoms with Crippen LogP contribution in [0.25, 0.3) is 0 Å². The van der Waals surface area contributed by atoms with Crippen LogP contribution in [0.4, 0.5) is 8.78 Å². The SMILES string of the molecule is CC1CC1(CCl)CCC(F)(F)Cl. The molecule has 0 heterocycles. The first-order chi connectivity index (χ1) is 5.40. The van der Waals surface area contributed by atoms with E-state index in [4.69, 9.17) is 23.2 Å². The van der Waals surface area contributed by atoms with E-state index in [0.717, 1.165) is 6.42 Å². The monoisotopic (exact) mass is 216 g/mol. The van der Waals surface area contributed by atoms with Gasteiger partial charge >= 0.3 is 5.38 Å². The zero-order chi connectivity index (χ0) is 9.41. The van der Waals surface area contributed by atoms with Gasteiger partial charge in [0, 0.05) is 12.3 Å². The summed E-state index contributed by atoms with van der Waals surface area (Å²) >= 11 is 10.5. The minimum atomic E-state index is -3.05. The molecule has 72 valence electrons. The van der Waals surface area contributed by atoms with Crippen molar-refractivity contribution in [1.29, 1.82) is 0 Å². The second-order valence-corrected chi connectivity index (χ2v) is 4.54. The Morgan fingerprint density at radius 1 is 1.58 bits per heavy atom. The Morgan fingerprint density at radius 2 is 2.08 bits per heavy atom. The molecule has 2 atom stereocenters. The molecular formula is C8H12Cl2F2. The van der Waals surface area contributed by atoms with Crippen molar-refractivity contribution in [2.75, 3.05) is 5.88 Å². The van der Waals surface area contributed by atoms with Crippen LogP contribution in [0.15, 0.2) is 0 Å². The Kier molecular flexibility index (Phi) is 2.89. The third kappa shape index (κ3) is 2.46. The van der Waals surface area contributed by atoms with Gasteiger partial charge in [0.05, 0.1) is 0 Å². The summed E-state index contributed by atoms with van der Waals surface area (Å²) in [7, 11) is 0. The van der Waals surface area contributed by atoms with E-state index >= 15 is 0 Å². The fourth-order valence-corrected chi connectivity index (χ4v) is 2.14. The average Bonchev–Trinajstić information content (AvgIpc) is 2.57. The van der Waals surface area contributed by atoms with Crippen LogP contribution in [-0.2, 0) is 0 Å². The molecule has 0 amide bonds. The summed E-state index contributed by atoms with van der Waals surface area (Å²) in [5, 5.41) is -3.05. The largest absolute Gasteiger partial charge is 0.321 e. The number of hydrogen-bond donors (Lipinski definition) is 0. The van der Waals surface area contributed by atoms with Crippen molar-refractivity contribution in [2.24, 2.45) is 11.3 Å². The lowest BCUT2D eigenvalue weighted by atomic mass is 10.0. The molecule has 0 aromatic heterocycles. The van der Waals surface area contributed by atoms with Gasteiger partial charge in [0.2, 0.25) is 0 Å². The molecular weight excluding hydrogens is 205 g/mol. The van der Waals surface area contributed by atoms with Gasteiger partial charge in [-0.05, 0) is 35.8 Å². The number of alkyl halides is 4. The third-order valence-corrected chi connectivity index (χ3v) is 3.49. The molecule has 12 heavy (non-hydrogen) atoms. The van der Waals surface area contributed by atoms with Crippen molar-refractivity contribution < 1.29 is 8.78 Å². The van der Waals surface area contributed by atoms with E-state index in [0.29, 0.717) is 18.2 Å². The lowest BCUT2D eigenvalue weighted by Gasteiger charge is -2.14. The van der Waals surface area contributed by atoms with E-state index < -0.39 is 5.38 Å². The maximum absolute atomic E-state index is 12.3. The van der Waals surface area contributed by atoms with Crippen molar-refractivity contribution in [3.8, 4) is 0 Å². The fourth-order valence-electron chi connectivity index (χ4n) is 1.54. The van der Waals surface area contributed by atoms with Gasteiger partial charge < -0.3 is 0 Å². The van der Waals surface area contributed by atoms with E-state index in [1.807, 2.05) is 6.92 Å². The predicted octanol–water partition coefficient (Wildman–Crippen LogP) is 3.86. The minimum Gasteiger partial charge on any atom is -0.188 e. The summed E-state index contributed by atoms with van der Waals surface area (Å²) in [5.74, 6) is 0.954. The van der Waals surface area contributed by atoms with E-state index in [-0.39, 0.29) is 11.8 Å². The minimum absolute atomic E-state index is 0.0418. The number of halogens is 4. The first-order valence-electron chi connectivity index (χ1n) is 4.02. The van der Waals surface area contributed by atoms with Crippen LogP contribution >= 0.6 is 23.2 Å². The van der Waals surface area contributed by atoms with Crippen LogP contribution in [0.5, 0.6) is 0 Å². The molecule has 0 bridgehead atoms. The number of rotatable bonds is 4. The van der Waals surface area contributed by atoms with Gasteiger partial charge in [0.15, 0.2) is 0 Å². The Hall–Kier alpha value is 0.440. The lowest BCUT2D eigenvalue weighted by molar-refractivity contribution is 0.0764. The zero-order valence-corrected chi connectivity index (χ0v) is 8.43. The van der Waals surface area contributed by atoms with Crippen LogP contribution in [-0.4, -0.2) is 11.3 Å². The molecule has 2 unspecified atom stereocenters. The zero-order valence-electron chi connectivity index (χ0n) is 6.92. The highest BCUT2D eigenvalue weighted by atomic mass is 35.5. The summed E-state index contributed by atoms with van der Waals surface area (Å²) in [6.07, 6.45) is 1.14. The summed E-state index contributed by atoms with van der Waals surface area (Å²) in [6, 6.07) is 0. The highest BCUT2D eigenvalue weighted by molar-refractivity contribution is 6.21. The molecule has 1 aliphatic rings. The molecule has 0 aliphatic heterocycles. The summed E-state index contributed by atoms with van der Waals surface area (Å²) in [5.41, 5.74) is -0.0418.